The first-order valence-corrected chi connectivity index (χ1v) is 9.39. The van der Waals surface area contributed by atoms with Crippen LogP contribution >= 0.6 is 0 Å². The van der Waals surface area contributed by atoms with Gasteiger partial charge in [0, 0.05) is 12.2 Å². The second-order valence-electron chi connectivity index (χ2n) is 6.34. The van der Waals surface area contributed by atoms with Gasteiger partial charge in [0.1, 0.15) is 5.69 Å². The molecule has 3 aromatic rings. The summed E-state index contributed by atoms with van der Waals surface area (Å²) in [6.45, 7) is 6.68. The fourth-order valence-corrected chi connectivity index (χ4v) is 3.33. The number of rotatable bonds is 8. The summed E-state index contributed by atoms with van der Waals surface area (Å²) >= 11 is 0. The molecule has 5 nitrogen and oxygen atoms in total. The van der Waals surface area contributed by atoms with E-state index in [0.717, 1.165) is 18.8 Å². The molecule has 1 atom stereocenters. The summed E-state index contributed by atoms with van der Waals surface area (Å²) in [5, 5.41) is 3.10. The van der Waals surface area contributed by atoms with Crippen LogP contribution in [0.4, 0.5) is 0 Å². The minimum atomic E-state index is -0.121. The third kappa shape index (κ3) is 4.44. The van der Waals surface area contributed by atoms with Crippen molar-refractivity contribution >= 4 is 5.91 Å². The van der Waals surface area contributed by atoms with Crippen LogP contribution in [0.5, 0.6) is 0 Å². The molecule has 0 fully saturated rings. The summed E-state index contributed by atoms with van der Waals surface area (Å²) in [6, 6.07) is 20.2. The molecule has 1 aromatic heterocycles. The Labute approximate surface area is 160 Å². The number of benzene rings is 2. The Morgan fingerprint density at radius 3 is 2.30 bits per heavy atom. The first-order valence-electron chi connectivity index (χ1n) is 9.39. The van der Waals surface area contributed by atoms with Gasteiger partial charge in [-0.1, -0.05) is 62.4 Å². The predicted molar refractivity (Wildman–Crippen MR) is 108 cm³/mol. The molecule has 5 heteroatoms. The fourth-order valence-electron chi connectivity index (χ4n) is 3.33. The molecule has 1 amide bonds. The van der Waals surface area contributed by atoms with Crippen LogP contribution in [0.3, 0.4) is 0 Å². The van der Waals surface area contributed by atoms with Crippen molar-refractivity contribution in [2.45, 2.75) is 19.9 Å². The lowest BCUT2D eigenvalue weighted by Gasteiger charge is -2.30. The predicted octanol–water partition coefficient (Wildman–Crippen LogP) is 3.69. The molecule has 140 valence electrons. The van der Waals surface area contributed by atoms with E-state index in [1.165, 1.54) is 5.56 Å². The Bertz CT molecular complexity index is 841. The van der Waals surface area contributed by atoms with Crippen LogP contribution in [0.1, 0.15) is 35.9 Å². The van der Waals surface area contributed by atoms with Crippen molar-refractivity contribution in [3.8, 4) is 5.69 Å². The van der Waals surface area contributed by atoms with E-state index < -0.39 is 0 Å². The average molecular weight is 362 g/mol. The van der Waals surface area contributed by atoms with Crippen LogP contribution in [0.2, 0.25) is 0 Å². The number of nitrogens with one attached hydrogen (secondary N) is 1. The minimum absolute atomic E-state index is 0.121. The highest BCUT2D eigenvalue weighted by atomic mass is 16.2. The Kier molecular flexibility index (Phi) is 6.39. The number of amides is 1. The molecule has 0 bridgehead atoms. The van der Waals surface area contributed by atoms with Gasteiger partial charge in [0.05, 0.1) is 18.6 Å². The third-order valence-electron chi connectivity index (χ3n) is 4.80. The molecule has 0 radical (unpaired) electrons. The van der Waals surface area contributed by atoms with Gasteiger partial charge in [0.2, 0.25) is 0 Å². The number of hydrogen-bond acceptors (Lipinski definition) is 3. The van der Waals surface area contributed by atoms with Crippen LogP contribution in [0.15, 0.2) is 73.2 Å². The molecule has 0 aliphatic rings. The van der Waals surface area contributed by atoms with Crippen molar-refractivity contribution in [1.29, 1.82) is 0 Å². The molecular formula is C22H26N4O. The van der Waals surface area contributed by atoms with Gasteiger partial charge in [-0.05, 0) is 30.8 Å². The van der Waals surface area contributed by atoms with E-state index in [9.17, 15) is 4.79 Å². The molecule has 0 saturated heterocycles. The highest BCUT2D eigenvalue weighted by Crippen LogP contribution is 2.20. The van der Waals surface area contributed by atoms with Crippen molar-refractivity contribution in [2.75, 3.05) is 19.6 Å². The molecular weight excluding hydrogens is 336 g/mol. The monoisotopic (exact) mass is 362 g/mol. The first-order chi connectivity index (χ1) is 13.2. The lowest BCUT2D eigenvalue weighted by Crippen LogP contribution is -2.38. The highest BCUT2D eigenvalue weighted by Gasteiger charge is 2.20. The van der Waals surface area contributed by atoms with E-state index >= 15 is 0 Å². The molecule has 27 heavy (non-hydrogen) atoms. The number of aromatic nitrogens is 2. The van der Waals surface area contributed by atoms with Gasteiger partial charge in [-0.25, -0.2) is 4.98 Å². The first kappa shape index (κ1) is 18.9. The van der Waals surface area contributed by atoms with Crippen molar-refractivity contribution in [3.05, 3.63) is 84.4 Å². The molecule has 2 aromatic carbocycles. The third-order valence-corrected chi connectivity index (χ3v) is 4.80. The summed E-state index contributed by atoms with van der Waals surface area (Å²) in [4.78, 5) is 19.4. The van der Waals surface area contributed by atoms with E-state index in [1.807, 2.05) is 53.1 Å². The zero-order valence-corrected chi connectivity index (χ0v) is 15.9. The van der Waals surface area contributed by atoms with Gasteiger partial charge in [-0.2, -0.15) is 0 Å². The minimum Gasteiger partial charge on any atom is -0.349 e. The van der Waals surface area contributed by atoms with E-state index in [1.54, 1.807) is 12.5 Å². The number of nitrogens with zero attached hydrogens (tertiary/aromatic N) is 3. The zero-order chi connectivity index (χ0) is 19.1. The summed E-state index contributed by atoms with van der Waals surface area (Å²) in [6.07, 6.45) is 3.28. The standard InChI is InChI=1S/C22H26N4O/c1-3-25(4-2)20(18-11-7-5-8-12-18)16-24-22(27)21-15-23-17-26(21)19-13-9-6-10-14-19/h5-15,17,20H,3-4,16H2,1-2H3,(H,24,27). The molecule has 1 heterocycles. The molecule has 1 unspecified atom stereocenters. The van der Waals surface area contributed by atoms with Crippen LogP contribution in [0, 0.1) is 0 Å². The molecule has 0 saturated carbocycles. The second kappa shape index (κ2) is 9.14. The SMILES string of the molecule is CCN(CC)C(CNC(=O)c1cncn1-c1ccccc1)c1ccccc1. The molecule has 3 rings (SSSR count). The maximum Gasteiger partial charge on any atom is 0.269 e. The van der Waals surface area contributed by atoms with Gasteiger partial charge >= 0.3 is 0 Å². The summed E-state index contributed by atoms with van der Waals surface area (Å²) in [5.74, 6) is -0.121. The van der Waals surface area contributed by atoms with Crippen LogP contribution in [0.25, 0.3) is 5.69 Å². The summed E-state index contributed by atoms with van der Waals surface area (Å²) < 4.78 is 1.81. The van der Waals surface area contributed by atoms with Gasteiger partial charge in [-0.15, -0.1) is 0 Å². The van der Waals surface area contributed by atoms with Crippen LogP contribution in [-0.2, 0) is 0 Å². The maximum atomic E-state index is 12.8. The Balaban J connectivity index is 1.77. The zero-order valence-electron chi connectivity index (χ0n) is 15.9. The van der Waals surface area contributed by atoms with E-state index in [4.69, 9.17) is 0 Å². The van der Waals surface area contributed by atoms with E-state index in [0.29, 0.717) is 12.2 Å². The smallest absolute Gasteiger partial charge is 0.269 e. The van der Waals surface area contributed by atoms with Gasteiger partial charge in [-0.3, -0.25) is 14.3 Å². The topological polar surface area (TPSA) is 50.2 Å². The highest BCUT2D eigenvalue weighted by molar-refractivity contribution is 5.93. The number of likely N-dealkylation sites (N-methyl/N-ethyl adjacent to an activating group) is 1. The van der Waals surface area contributed by atoms with Gasteiger partial charge in [0.25, 0.3) is 5.91 Å². The van der Waals surface area contributed by atoms with Gasteiger partial charge < -0.3 is 5.32 Å². The van der Waals surface area contributed by atoms with E-state index in [-0.39, 0.29) is 11.9 Å². The second-order valence-corrected chi connectivity index (χ2v) is 6.34. The van der Waals surface area contributed by atoms with Crippen molar-refractivity contribution < 1.29 is 4.79 Å². The van der Waals surface area contributed by atoms with Crippen molar-refractivity contribution in [1.82, 2.24) is 19.8 Å². The number of para-hydroxylation sites is 1. The fraction of sp³-hybridized carbons (Fsp3) is 0.273. The van der Waals surface area contributed by atoms with Crippen LogP contribution < -0.4 is 5.32 Å². The largest absolute Gasteiger partial charge is 0.349 e. The number of carbonyl (C=O) groups is 1. The lowest BCUT2D eigenvalue weighted by atomic mass is 10.1. The molecule has 0 spiro atoms. The lowest BCUT2D eigenvalue weighted by molar-refractivity contribution is 0.0928. The molecule has 1 N–H and O–H groups in total. The van der Waals surface area contributed by atoms with Gasteiger partial charge in [0.15, 0.2) is 0 Å². The van der Waals surface area contributed by atoms with Crippen molar-refractivity contribution in [3.63, 3.8) is 0 Å². The number of carbonyl (C=O) groups excluding carboxylic acids is 1. The molecule has 0 aliphatic heterocycles. The van der Waals surface area contributed by atoms with Crippen LogP contribution in [-0.4, -0.2) is 40.0 Å². The normalized spacial score (nSPS) is 12.1. The van der Waals surface area contributed by atoms with E-state index in [2.05, 4.69) is 41.2 Å². The quantitative estimate of drug-likeness (QED) is 0.665. The average Bonchev–Trinajstić information content (AvgIpc) is 3.22. The Morgan fingerprint density at radius 2 is 1.67 bits per heavy atom. The summed E-state index contributed by atoms with van der Waals surface area (Å²) in [7, 11) is 0. The number of hydrogen-bond donors (Lipinski definition) is 1. The summed E-state index contributed by atoms with van der Waals surface area (Å²) in [5.41, 5.74) is 2.66. The maximum absolute atomic E-state index is 12.8. The molecule has 0 aliphatic carbocycles. The number of imidazole rings is 1. The van der Waals surface area contributed by atoms with Crippen molar-refractivity contribution in [2.24, 2.45) is 0 Å². The Morgan fingerprint density at radius 1 is 1.04 bits per heavy atom. The Hall–Kier alpha value is -2.92.